The molecule has 0 unspecified atom stereocenters. The normalized spacial score (nSPS) is 9.43. The van der Waals surface area contributed by atoms with Gasteiger partial charge in [0.2, 0.25) is 0 Å². The average Bonchev–Trinajstić information content (AvgIpc) is 2.25. The maximum Gasteiger partial charge on any atom is 0.171 e. The summed E-state index contributed by atoms with van der Waals surface area (Å²) in [6.07, 6.45) is 14.4. The van der Waals surface area contributed by atoms with E-state index in [1.807, 2.05) is 0 Å². The summed E-state index contributed by atoms with van der Waals surface area (Å²) in [5.74, 6) is 0. The number of unbranched alkanes of at least 4 members (excludes halogenated alkanes) is 9. The molecule has 0 aromatic rings. The second kappa shape index (κ2) is 19.3. The third kappa shape index (κ3) is 18.4. The summed E-state index contributed by atoms with van der Waals surface area (Å²) in [6, 6.07) is 0. The lowest BCUT2D eigenvalue weighted by atomic mass is 10.1. The highest BCUT2D eigenvalue weighted by Crippen LogP contribution is 2.09. The Labute approximate surface area is 104 Å². The van der Waals surface area contributed by atoms with E-state index in [1.165, 1.54) is 64.2 Å². The highest BCUT2D eigenvalue weighted by atomic mass is 127. The molecule has 0 saturated carbocycles. The first-order chi connectivity index (χ1) is 6.91. The molecular formula is C12H26FI. The first-order valence-corrected chi connectivity index (χ1v) is 6.87. The maximum atomic E-state index is 9.47. The molecule has 0 N–H and O–H groups in total. The van der Waals surface area contributed by atoms with Gasteiger partial charge in [-0.1, -0.05) is 78.1 Å². The molecular weight excluding hydrogens is 290 g/mol. The zero-order valence-corrected chi connectivity index (χ0v) is 12.0. The van der Waals surface area contributed by atoms with Crippen molar-refractivity contribution in [3.63, 3.8) is 0 Å². The summed E-state index contributed by atoms with van der Waals surface area (Å²) < 4.78 is 9.47. The molecule has 0 spiro atoms. The molecule has 0 aliphatic heterocycles. The molecule has 0 atom stereocenters. The quantitative estimate of drug-likeness (QED) is 0.349. The van der Waals surface area contributed by atoms with Crippen molar-refractivity contribution in [1.82, 2.24) is 0 Å². The number of halogens is 2. The molecule has 0 saturated heterocycles. The minimum absolute atomic E-state index is 0.650. The van der Waals surface area contributed by atoms with E-state index in [4.69, 9.17) is 0 Å². The standard InChI is InChI=1S/C12H26.FI/c1-3-5-7-9-11-12-10-8-6-4-2;1-2/h3-12H2,1-2H3;. The van der Waals surface area contributed by atoms with Gasteiger partial charge in [-0.3, -0.25) is 0 Å². The third-order valence-electron chi connectivity index (χ3n) is 2.46. The Balaban J connectivity index is 0. The summed E-state index contributed by atoms with van der Waals surface area (Å²) >= 11 is 0.650. The molecule has 0 bridgehead atoms. The van der Waals surface area contributed by atoms with Crippen LogP contribution in [-0.4, -0.2) is 0 Å². The summed E-state index contributed by atoms with van der Waals surface area (Å²) in [6.45, 7) is 4.56. The molecule has 88 valence electrons. The summed E-state index contributed by atoms with van der Waals surface area (Å²) in [7, 11) is 0. The van der Waals surface area contributed by atoms with Crippen molar-refractivity contribution in [3.05, 3.63) is 0 Å². The topological polar surface area (TPSA) is 0 Å². The van der Waals surface area contributed by atoms with E-state index in [0.717, 1.165) is 0 Å². The van der Waals surface area contributed by atoms with E-state index in [9.17, 15) is 2.86 Å². The van der Waals surface area contributed by atoms with Crippen LogP contribution in [0.5, 0.6) is 0 Å². The molecule has 0 aliphatic rings. The molecule has 0 aromatic heterocycles. The first kappa shape index (κ1) is 17.1. The van der Waals surface area contributed by atoms with Crippen LogP contribution in [0, 0.1) is 0 Å². The summed E-state index contributed by atoms with van der Waals surface area (Å²) in [5.41, 5.74) is 0. The van der Waals surface area contributed by atoms with Gasteiger partial charge in [-0.25, -0.2) is 0 Å². The molecule has 14 heavy (non-hydrogen) atoms. The Morgan fingerprint density at radius 2 is 0.786 bits per heavy atom. The van der Waals surface area contributed by atoms with E-state index in [1.54, 1.807) is 0 Å². The van der Waals surface area contributed by atoms with E-state index in [2.05, 4.69) is 13.8 Å². The van der Waals surface area contributed by atoms with E-state index >= 15 is 0 Å². The van der Waals surface area contributed by atoms with Crippen LogP contribution in [0.25, 0.3) is 0 Å². The van der Waals surface area contributed by atoms with Gasteiger partial charge in [0.1, 0.15) is 0 Å². The monoisotopic (exact) mass is 316 g/mol. The molecule has 0 radical (unpaired) electrons. The van der Waals surface area contributed by atoms with Crippen molar-refractivity contribution < 1.29 is 2.86 Å². The van der Waals surface area contributed by atoms with Crippen LogP contribution in [0.2, 0.25) is 0 Å². The van der Waals surface area contributed by atoms with Crippen LogP contribution in [-0.2, 0) is 0 Å². The van der Waals surface area contributed by atoms with Crippen molar-refractivity contribution in [3.8, 4) is 0 Å². The van der Waals surface area contributed by atoms with Gasteiger partial charge in [-0.15, -0.1) is 0 Å². The lowest BCUT2D eigenvalue weighted by Crippen LogP contribution is -1.80. The predicted molar refractivity (Wildman–Crippen MR) is 72.6 cm³/mol. The molecule has 0 aliphatic carbocycles. The van der Waals surface area contributed by atoms with Gasteiger partial charge in [0.15, 0.2) is 23.2 Å². The molecule has 0 amide bonds. The van der Waals surface area contributed by atoms with Gasteiger partial charge in [0.05, 0.1) is 0 Å². The van der Waals surface area contributed by atoms with Crippen molar-refractivity contribution in [2.24, 2.45) is 0 Å². The second-order valence-electron chi connectivity index (χ2n) is 3.83. The first-order valence-electron chi connectivity index (χ1n) is 6.06. The third-order valence-corrected chi connectivity index (χ3v) is 2.46. The van der Waals surface area contributed by atoms with E-state index < -0.39 is 0 Å². The van der Waals surface area contributed by atoms with Crippen LogP contribution in [0.3, 0.4) is 0 Å². The van der Waals surface area contributed by atoms with Crippen LogP contribution < -0.4 is 0 Å². The van der Waals surface area contributed by atoms with Crippen LogP contribution in [0.15, 0.2) is 0 Å². The van der Waals surface area contributed by atoms with Crippen LogP contribution in [0.1, 0.15) is 78.1 Å². The van der Waals surface area contributed by atoms with Crippen molar-refractivity contribution in [2.75, 3.05) is 0 Å². The molecule has 0 heterocycles. The highest BCUT2D eigenvalue weighted by Gasteiger charge is 1.90. The van der Waals surface area contributed by atoms with Crippen molar-refractivity contribution >= 4 is 23.2 Å². The number of hydrogen-bond acceptors (Lipinski definition) is 0. The Hall–Kier alpha value is 0.660. The minimum atomic E-state index is 0.650. The van der Waals surface area contributed by atoms with Gasteiger partial charge in [0, 0.05) is 0 Å². The van der Waals surface area contributed by atoms with Crippen LogP contribution >= 0.6 is 23.2 Å². The fraction of sp³-hybridized carbons (Fsp3) is 1.00. The highest BCUT2D eigenvalue weighted by molar-refractivity contribution is 14.1. The lowest BCUT2D eigenvalue weighted by molar-refractivity contribution is 0.562. The number of rotatable bonds is 9. The molecule has 0 aromatic carbocycles. The predicted octanol–water partition coefficient (Wildman–Crippen LogP) is 6.23. The molecule has 2 heteroatoms. The zero-order chi connectivity index (χ0) is 11.1. The Morgan fingerprint density at radius 1 is 0.571 bits per heavy atom. The summed E-state index contributed by atoms with van der Waals surface area (Å²) in [5, 5.41) is 0. The summed E-state index contributed by atoms with van der Waals surface area (Å²) in [4.78, 5) is 0. The smallest absolute Gasteiger partial charge is 0.171 e. The molecule has 0 fully saturated rings. The Morgan fingerprint density at radius 3 is 1.00 bits per heavy atom. The van der Waals surface area contributed by atoms with Gasteiger partial charge in [-0.2, -0.15) is 2.86 Å². The molecule has 0 rings (SSSR count). The van der Waals surface area contributed by atoms with Gasteiger partial charge in [-0.05, 0) is 0 Å². The zero-order valence-electron chi connectivity index (χ0n) is 9.83. The SMILES string of the molecule is CCCCCCCCCCCC.FI. The van der Waals surface area contributed by atoms with Gasteiger partial charge >= 0.3 is 0 Å². The lowest BCUT2D eigenvalue weighted by Gasteiger charge is -1.99. The Bertz CT molecular complexity index is 66.7. The fourth-order valence-corrected chi connectivity index (χ4v) is 1.56. The Kier molecular flexibility index (Phi) is 23.5. The largest absolute Gasteiger partial charge is 0.171 e. The molecule has 0 nitrogen and oxygen atoms in total. The minimum Gasteiger partial charge on any atom is -0.171 e. The number of hydrogen-bond donors (Lipinski definition) is 0. The second-order valence-corrected chi connectivity index (χ2v) is 3.83. The van der Waals surface area contributed by atoms with Crippen molar-refractivity contribution in [2.45, 2.75) is 78.1 Å². The van der Waals surface area contributed by atoms with Crippen LogP contribution in [0.4, 0.5) is 2.86 Å². The van der Waals surface area contributed by atoms with E-state index in [-0.39, 0.29) is 0 Å². The average molecular weight is 316 g/mol. The maximum absolute atomic E-state index is 9.47. The fourth-order valence-electron chi connectivity index (χ4n) is 1.56. The van der Waals surface area contributed by atoms with E-state index in [0.29, 0.717) is 23.2 Å². The van der Waals surface area contributed by atoms with Crippen molar-refractivity contribution in [1.29, 1.82) is 0 Å². The van der Waals surface area contributed by atoms with Gasteiger partial charge in [0.25, 0.3) is 0 Å². The van der Waals surface area contributed by atoms with Gasteiger partial charge < -0.3 is 0 Å².